The van der Waals surface area contributed by atoms with Gasteiger partial charge < -0.3 is 19.2 Å². The Morgan fingerprint density at radius 1 is 1.24 bits per heavy atom. The van der Waals surface area contributed by atoms with Gasteiger partial charge in [0.25, 0.3) is 11.6 Å². The molecule has 9 nitrogen and oxygen atoms in total. The molecule has 0 fully saturated rings. The summed E-state index contributed by atoms with van der Waals surface area (Å²) in [5, 5.41) is 13.9. The van der Waals surface area contributed by atoms with Crippen LogP contribution in [0, 0.1) is 10.1 Å². The Labute approximate surface area is 169 Å². The van der Waals surface area contributed by atoms with E-state index < -0.39 is 23.4 Å². The number of anilines is 1. The van der Waals surface area contributed by atoms with Crippen molar-refractivity contribution in [3.05, 3.63) is 63.4 Å². The van der Waals surface area contributed by atoms with Crippen molar-refractivity contribution in [1.82, 2.24) is 0 Å². The Bertz CT molecular complexity index is 1090. The molecule has 0 aliphatic carbocycles. The fraction of sp³-hybridized carbons (Fsp3) is 0.158. The molecule has 29 heavy (non-hydrogen) atoms. The van der Waals surface area contributed by atoms with Gasteiger partial charge in [0.2, 0.25) is 0 Å². The number of nitrogens with zero attached hydrogens (tertiary/aromatic N) is 1. The van der Waals surface area contributed by atoms with Gasteiger partial charge in [-0.05, 0) is 18.2 Å². The number of carbonyl (C=O) groups is 2. The van der Waals surface area contributed by atoms with E-state index in [0.29, 0.717) is 16.9 Å². The summed E-state index contributed by atoms with van der Waals surface area (Å²) in [5.74, 6) is -0.619. The number of amides is 1. The predicted molar refractivity (Wildman–Crippen MR) is 104 cm³/mol. The quantitative estimate of drug-likeness (QED) is 0.352. The number of nitro groups is 1. The van der Waals surface area contributed by atoms with E-state index >= 15 is 0 Å². The van der Waals surface area contributed by atoms with E-state index in [1.807, 2.05) is 0 Å². The first-order valence-electron chi connectivity index (χ1n) is 8.31. The van der Waals surface area contributed by atoms with E-state index in [0.717, 1.165) is 11.5 Å². The molecule has 0 atom stereocenters. The lowest BCUT2D eigenvalue weighted by Crippen LogP contribution is -2.21. The molecule has 1 aromatic heterocycles. The molecule has 3 rings (SSSR count). The molecular weight excluding hydrogens is 404 g/mol. The lowest BCUT2D eigenvalue weighted by molar-refractivity contribution is -0.384. The number of carbonyl (C=O) groups excluding carboxylic acids is 2. The minimum atomic E-state index is -0.629. The monoisotopic (exact) mass is 418 g/mol. The summed E-state index contributed by atoms with van der Waals surface area (Å²) in [5.41, 5.74) is 1.15. The summed E-state index contributed by atoms with van der Waals surface area (Å²) in [6, 6.07) is 8.82. The Balaban J connectivity index is 1.55. The minimum absolute atomic E-state index is 0.000767. The van der Waals surface area contributed by atoms with Gasteiger partial charge in [-0.3, -0.25) is 19.7 Å². The molecule has 0 bridgehead atoms. The molecule has 0 aliphatic heterocycles. The summed E-state index contributed by atoms with van der Waals surface area (Å²) >= 11 is 5.91. The van der Waals surface area contributed by atoms with Crippen LogP contribution < -0.4 is 10.1 Å². The van der Waals surface area contributed by atoms with Crippen molar-refractivity contribution < 1.29 is 28.4 Å². The van der Waals surface area contributed by atoms with Crippen LogP contribution in [-0.2, 0) is 20.7 Å². The number of nitro benzene ring substituents is 1. The normalized spacial score (nSPS) is 10.6. The van der Waals surface area contributed by atoms with Crippen LogP contribution in [0.2, 0.25) is 5.02 Å². The standard InChI is InChI=1S/C19H15ClN2O7/c1-27-13-3-4-14-11(9-28-17(14)8-13)6-19(24)29-10-18(23)21-16-5-2-12(22(25)26)7-15(16)20/h2-5,7-9H,6,10H2,1H3,(H,21,23). The van der Waals surface area contributed by atoms with Gasteiger partial charge in [0.1, 0.15) is 11.3 Å². The van der Waals surface area contributed by atoms with E-state index in [1.165, 1.54) is 25.5 Å². The molecule has 0 saturated carbocycles. The third kappa shape index (κ3) is 4.82. The molecule has 10 heteroatoms. The molecule has 0 spiro atoms. The highest BCUT2D eigenvalue weighted by Crippen LogP contribution is 2.27. The summed E-state index contributed by atoms with van der Waals surface area (Å²) in [7, 11) is 1.54. The smallest absolute Gasteiger partial charge is 0.310 e. The first kappa shape index (κ1) is 20.2. The first-order chi connectivity index (χ1) is 13.9. The molecule has 1 N–H and O–H groups in total. The van der Waals surface area contributed by atoms with Crippen molar-refractivity contribution in [3.63, 3.8) is 0 Å². The number of rotatable bonds is 7. The van der Waals surface area contributed by atoms with Crippen LogP contribution in [0.1, 0.15) is 5.56 Å². The largest absolute Gasteiger partial charge is 0.497 e. The van der Waals surface area contributed by atoms with Crippen LogP contribution in [0.3, 0.4) is 0 Å². The summed E-state index contributed by atoms with van der Waals surface area (Å²) < 4.78 is 15.5. The second-order valence-electron chi connectivity index (χ2n) is 5.93. The molecule has 0 aliphatic rings. The SMILES string of the molecule is COc1ccc2c(CC(=O)OCC(=O)Nc3ccc([N+](=O)[O-])cc3Cl)coc2c1. The lowest BCUT2D eigenvalue weighted by atomic mass is 10.1. The number of non-ortho nitro benzene ring substituents is 1. The van der Waals surface area contributed by atoms with Gasteiger partial charge in [-0.25, -0.2) is 0 Å². The molecule has 0 radical (unpaired) electrons. The first-order valence-corrected chi connectivity index (χ1v) is 8.68. The molecule has 1 amide bonds. The zero-order valence-electron chi connectivity index (χ0n) is 15.1. The number of hydrogen-bond acceptors (Lipinski definition) is 7. The van der Waals surface area contributed by atoms with Gasteiger partial charge in [-0.15, -0.1) is 0 Å². The number of furan rings is 1. The second-order valence-corrected chi connectivity index (χ2v) is 6.34. The van der Waals surface area contributed by atoms with Gasteiger partial charge in [-0.2, -0.15) is 0 Å². The van der Waals surface area contributed by atoms with Gasteiger partial charge >= 0.3 is 5.97 Å². The predicted octanol–water partition coefficient (Wildman–Crippen LogP) is 3.73. The number of methoxy groups -OCH3 is 1. The van der Waals surface area contributed by atoms with Crippen molar-refractivity contribution in [1.29, 1.82) is 0 Å². The third-order valence-electron chi connectivity index (χ3n) is 4.00. The van der Waals surface area contributed by atoms with Crippen LogP contribution in [0.15, 0.2) is 47.1 Å². The zero-order valence-corrected chi connectivity index (χ0v) is 15.9. The van der Waals surface area contributed by atoms with Crippen LogP contribution in [0.5, 0.6) is 5.75 Å². The van der Waals surface area contributed by atoms with E-state index in [4.69, 9.17) is 25.5 Å². The average molecular weight is 419 g/mol. The lowest BCUT2D eigenvalue weighted by Gasteiger charge is -2.08. The topological polar surface area (TPSA) is 121 Å². The average Bonchev–Trinajstić information content (AvgIpc) is 3.09. The molecule has 0 saturated heterocycles. The second kappa shape index (κ2) is 8.61. The fourth-order valence-electron chi connectivity index (χ4n) is 2.59. The highest BCUT2D eigenvalue weighted by molar-refractivity contribution is 6.34. The maximum atomic E-state index is 12.1. The van der Waals surface area contributed by atoms with Gasteiger partial charge in [0, 0.05) is 29.1 Å². The number of fused-ring (bicyclic) bond motifs is 1. The van der Waals surface area contributed by atoms with Crippen molar-refractivity contribution in [2.75, 3.05) is 19.0 Å². The molecule has 3 aromatic rings. The van der Waals surface area contributed by atoms with E-state index in [1.54, 1.807) is 18.2 Å². The highest BCUT2D eigenvalue weighted by atomic mass is 35.5. The zero-order chi connectivity index (χ0) is 21.0. The number of hydrogen-bond donors (Lipinski definition) is 1. The Hall–Kier alpha value is -3.59. The number of benzene rings is 2. The van der Waals surface area contributed by atoms with E-state index in [2.05, 4.69) is 5.32 Å². The minimum Gasteiger partial charge on any atom is -0.497 e. The number of nitrogens with one attached hydrogen (secondary N) is 1. The number of halogens is 1. The molecular formula is C19H15ClN2O7. The maximum Gasteiger partial charge on any atom is 0.310 e. The van der Waals surface area contributed by atoms with Crippen LogP contribution in [-0.4, -0.2) is 30.5 Å². The molecule has 150 valence electrons. The third-order valence-corrected chi connectivity index (χ3v) is 4.31. The van der Waals surface area contributed by atoms with Crippen molar-refractivity contribution in [2.24, 2.45) is 0 Å². The summed E-state index contributed by atoms with van der Waals surface area (Å²) in [6.07, 6.45) is 1.37. The van der Waals surface area contributed by atoms with E-state index in [9.17, 15) is 19.7 Å². The van der Waals surface area contributed by atoms with Crippen LogP contribution in [0.4, 0.5) is 11.4 Å². The van der Waals surface area contributed by atoms with Gasteiger partial charge in [0.05, 0.1) is 35.4 Å². The maximum absolute atomic E-state index is 12.1. The van der Waals surface area contributed by atoms with E-state index in [-0.39, 0.29) is 22.8 Å². The molecule has 0 unspecified atom stereocenters. The van der Waals surface area contributed by atoms with Gasteiger partial charge in [0.15, 0.2) is 6.61 Å². The molecule has 1 heterocycles. The Morgan fingerprint density at radius 2 is 2.03 bits per heavy atom. The summed E-state index contributed by atoms with van der Waals surface area (Å²) in [4.78, 5) is 34.1. The number of ether oxygens (including phenoxy) is 2. The Morgan fingerprint density at radius 3 is 2.72 bits per heavy atom. The van der Waals surface area contributed by atoms with Crippen molar-refractivity contribution in [2.45, 2.75) is 6.42 Å². The summed E-state index contributed by atoms with van der Waals surface area (Å²) in [6.45, 7) is -0.532. The fourth-order valence-corrected chi connectivity index (χ4v) is 2.81. The Kier molecular flexibility index (Phi) is 5.99. The highest BCUT2D eigenvalue weighted by Gasteiger charge is 2.15. The van der Waals surface area contributed by atoms with Crippen LogP contribution in [0.25, 0.3) is 11.0 Å². The van der Waals surface area contributed by atoms with Gasteiger partial charge in [-0.1, -0.05) is 11.6 Å². The molecule has 2 aromatic carbocycles. The van der Waals surface area contributed by atoms with Crippen molar-refractivity contribution >= 4 is 45.8 Å². The van der Waals surface area contributed by atoms with Crippen molar-refractivity contribution in [3.8, 4) is 5.75 Å². The number of esters is 1. The van der Waals surface area contributed by atoms with Crippen LogP contribution >= 0.6 is 11.6 Å².